The Kier molecular flexibility index (Phi) is 6.56. The minimum Gasteiger partial charge on any atom is -0.478 e. The fraction of sp³-hybridized carbons (Fsp3) is 0.194. The Morgan fingerprint density at radius 2 is 1.50 bits per heavy atom. The van der Waals surface area contributed by atoms with Crippen molar-refractivity contribution in [2.45, 2.75) is 39.0 Å². The zero-order chi connectivity index (χ0) is 24.3. The summed E-state index contributed by atoms with van der Waals surface area (Å²) in [5.41, 5.74) is 5.42. The number of rotatable bonds is 7. The number of aromatic carboxylic acids is 1. The maximum atomic E-state index is 12.1. The molecule has 3 heteroatoms. The first-order valence-corrected chi connectivity index (χ1v) is 11.5. The van der Waals surface area contributed by atoms with E-state index < -0.39 is 5.97 Å². The van der Waals surface area contributed by atoms with Crippen LogP contribution in [0.4, 0.5) is 0 Å². The number of aryl methyl sites for hydroxylation is 1. The highest BCUT2D eigenvalue weighted by molar-refractivity contribution is 5.91. The molecule has 0 aliphatic carbocycles. The van der Waals surface area contributed by atoms with E-state index >= 15 is 0 Å². The number of carboxylic acids is 1. The van der Waals surface area contributed by atoms with Gasteiger partial charge in [0.05, 0.1) is 0 Å². The fourth-order valence-electron chi connectivity index (χ4n) is 4.22. The molecule has 34 heavy (non-hydrogen) atoms. The van der Waals surface area contributed by atoms with Crippen LogP contribution in [0.15, 0.2) is 97.1 Å². The number of hydrogen-bond donors (Lipinski definition) is 1. The maximum Gasteiger partial charge on any atom is 0.339 e. The third-order valence-electron chi connectivity index (χ3n) is 6.59. The van der Waals surface area contributed by atoms with Crippen LogP contribution in [0.3, 0.4) is 0 Å². The summed E-state index contributed by atoms with van der Waals surface area (Å²) in [6, 6.07) is 31.9. The Morgan fingerprint density at radius 1 is 0.794 bits per heavy atom. The van der Waals surface area contributed by atoms with Crippen LogP contribution in [0.5, 0.6) is 11.5 Å². The van der Waals surface area contributed by atoms with E-state index in [-0.39, 0.29) is 16.9 Å². The van der Waals surface area contributed by atoms with E-state index in [0.717, 1.165) is 16.7 Å². The normalized spacial score (nSPS) is 12.2. The quantitative estimate of drug-likeness (QED) is 0.311. The monoisotopic (exact) mass is 450 g/mol. The molecule has 0 aliphatic heterocycles. The van der Waals surface area contributed by atoms with Crippen molar-refractivity contribution in [2.75, 3.05) is 0 Å². The molecule has 0 spiro atoms. The predicted octanol–water partition coefficient (Wildman–Crippen LogP) is 7.96. The minimum atomic E-state index is -1.01. The molecule has 0 aromatic heterocycles. The highest BCUT2D eigenvalue weighted by atomic mass is 16.5. The lowest BCUT2D eigenvalue weighted by Crippen LogP contribution is -2.19. The molecule has 0 fully saturated rings. The lowest BCUT2D eigenvalue weighted by molar-refractivity contribution is 0.0694. The molecule has 0 saturated carbocycles. The van der Waals surface area contributed by atoms with Gasteiger partial charge in [-0.2, -0.15) is 0 Å². The fourth-order valence-corrected chi connectivity index (χ4v) is 4.22. The average Bonchev–Trinajstić information content (AvgIpc) is 2.85. The number of ether oxygens (including phenoxy) is 1. The third-order valence-corrected chi connectivity index (χ3v) is 6.59. The maximum absolute atomic E-state index is 12.1. The van der Waals surface area contributed by atoms with Crippen molar-refractivity contribution in [3.63, 3.8) is 0 Å². The van der Waals surface area contributed by atoms with Crippen LogP contribution in [0.1, 0.15) is 64.9 Å². The topological polar surface area (TPSA) is 46.5 Å². The van der Waals surface area contributed by atoms with Gasteiger partial charge in [0.2, 0.25) is 0 Å². The number of benzene rings is 4. The summed E-state index contributed by atoms with van der Waals surface area (Å²) in [4.78, 5) is 12.1. The van der Waals surface area contributed by atoms with Gasteiger partial charge in [-0.25, -0.2) is 4.79 Å². The van der Waals surface area contributed by atoms with E-state index in [2.05, 4.69) is 70.2 Å². The van der Waals surface area contributed by atoms with Crippen molar-refractivity contribution in [1.82, 2.24) is 0 Å². The Bertz CT molecular complexity index is 1290. The van der Waals surface area contributed by atoms with E-state index in [1.165, 1.54) is 11.1 Å². The molecular weight excluding hydrogens is 420 g/mol. The van der Waals surface area contributed by atoms with Crippen LogP contribution in [0.25, 0.3) is 0 Å². The zero-order valence-electron chi connectivity index (χ0n) is 20.1. The smallest absolute Gasteiger partial charge is 0.339 e. The Balaban J connectivity index is 1.64. The Morgan fingerprint density at radius 3 is 2.18 bits per heavy atom. The molecule has 3 nitrogen and oxygen atoms in total. The van der Waals surface area contributed by atoms with Crippen molar-refractivity contribution in [3.05, 3.63) is 130 Å². The zero-order valence-corrected chi connectivity index (χ0v) is 20.1. The largest absolute Gasteiger partial charge is 0.478 e. The second-order valence-corrected chi connectivity index (χ2v) is 9.31. The minimum absolute atomic E-state index is 0.151. The molecule has 0 saturated heterocycles. The lowest BCUT2D eigenvalue weighted by atomic mass is 9.77. The standard InChI is InChI=1S/C31H30O3/c1-21-13-15-23(16-14-21)22(2)24-9-8-12-27(19-24)34-29-18-17-26(20-28(29)30(32)33)31(3,4)25-10-6-5-7-11-25/h5-20,22H,1-4H3,(H,32,33). The van der Waals surface area contributed by atoms with Gasteiger partial charge in [-0.3, -0.25) is 0 Å². The van der Waals surface area contributed by atoms with Crippen molar-refractivity contribution < 1.29 is 14.6 Å². The highest BCUT2D eigenvalue weighted by Gasteiger charge is 2.25. The summed E-state index contributed by atoms with van der Waals surface area (Å²) in [5.74, 6) is 0.135. The summed E-state index contributed by atoms with van der Waals surface area (Å²) < 4.78 is 6.11. The van der Waals surface area contributed by atoms with E-state index in [1.54, 1.807) is 12.1 Å². The predicted molar refractivity (Wildman–Crippen MR) is 137 cm³/mol. The molecule has 0 radical (unpaired) electrons. The molecule has 0 amide bonds. The van der Waals surface area contributed by atoms with Gasteiger partial charge >= 0.3 is 5.97 Å². The van der Waals surface area contributed by atoms with Gasteiger partial charge in [0.25, 0.3) is 0 Å². The van der Waals surface area contributed by atoms with Crippen LogP contribution in [0.2, 0.25) is 0 Å². The van der Waals surface area contributed by atoms with Crippen molar-refractivity contribution in [1.29, 1.82) is 0 Å². The van der Waals surface area contributed by atoms with Gasteiger partial charge in [-0.1, -0.05) is 99.1 Å². The number of hydrogen-bond acceptors (Lipinski definition) is 2. The summed E-state index contributed by atoms with van der Waals surface area (Å²) in [5, 5.41) is 9.94. The first-order chi connectivity index (χ1) is 16.3. The second kappa shape index (κ2) is 9.56. The molecule has 1 unspecified atom stereocenters. The van der Waals surface area contributed by atoms with Crippen molar-refractivity contribution in [3.8, 4) is 11.5 Å². The molecule has 0 heterocycles. The molecule has 1 N–H and O–H groups in total. The van der Waals surface area contributed by atoms with Gasteiger partial charge < -0.3 is 9.84 Å². The lowest BCUT2D eigenvalue weighted by Gasteiger charge is -2.27. The van der Waals surface area contributed by atoms with Crippen LogP contribution >= 0.6 is 0 Å². The average molecular weight is 451 g/mol. The Hall–Kier alpha value is -3.85. The van der Waals surface area contributed by atoms with Crippen LogP contribution in [-0.2, 0) is 5.41 Å². The molecule has 4 aromatic rings. The molecule has 4 aromatic carbocycles. The van der Waals surface area contributed by atoms with E-state index in [4.69, 9.17) is 4.74 Å². The molecule has 1 atom stereocenters. The second-order valence-electron chi connectivity index (χ2n) is 9.31. The molecule has 172 valence electrons. The van der Waals surface area contributed by atoms with Crippen molar-refractivity contribution in [2.24, 2.45) is 0 Å². The first kappa shape index (κ1) is 23.3. The van der Waals surface area contributed by atoms with E-state index in [9.17, 15) is 9.90 Å². The number of carbonyl (C=O) groups is 1. The Labute approximate surface area is 201 Å². The highest BCUT2D eigenvalue weighted by Crippen LogP contribution is 2.36. The summed E-state index contributed by atoms with van der Waals surface area (Å²) in [7, 11) is 0. The summed E-state index contributed by atoms with van der Waals surface area (Å²) >= 11 is 0. The molecular formula is C31H30O3. The van der Waals surface area contributed by atoms with Crippen molar-refractivity contribution >= 4 is 5.97 Å². The molecule has 0 bridgehead atoms. The first-order valence-electron chi connectivity index (χ1n) is 11.5. The van der Waals surface area contributed by atoms with E-state index in [0.29, 0.717) is 11.5 Å². The van der Waals surface area contributed by atoms with Crippen LogP contribution in [0, 0.1) is 6.92 Å². The molecule has 0 aliphatic rings. The number of carboxylic acid groups (broad SMARTS) is 1. The third kappa shape index (κ3) is 4.89. The van der Waals surface area contributed by atoms with Gasteiger partial charge in [-0.05, 0) is 53.4 Å². The summed E-state index contributed by atoms with van der Waals surface area (Å²) in [6.07, 6.45) is 0. The van der Waals surface area contributed by atoms with Gasteiger partial charge in [0, 0.05) is 11.3 Å². The summed E-state index contributed by atoms with van der Waals surface area (Å²) in [6.45, 7) is 8.43. The van der Waals surface area contributed by atoms with Gasteiger partial charge in [0.1, 0.15) is 17.1 Å². The van der Waals surface area contributed by atoms with Crippen LogP contribution in [-0.4, -0.2) is 11.1 Å². The van der Waals surface area contributed by atoms with E-state index in [1.807, 2.05) is 42.5 Å². The van der Waals surface area contributed by atoms with Gasteiger partial charge in [0.15, 0.2) is 0 Å². The molecule has 4 rings (SSSR count). The van der Waals surface area contributed by atoms with Crippen LogP contribution < -0.4 is 4.74 Å². The SMILES string of the molecule is Cc1ccc(C(C)c2cccc(Oc3ccc(C(C)(C)c4ccccc4)cc3C(=O)O)c2)cc1. The van der Waals surface area contributed by atoms with Gasteiger partial charge in [-0.15, -0.1) is 0 Å².